The molecule has 0 aromatic carbocycles. The Morgan fingerprint density at radius 2 is 1.78 bits per heavy atom. The van der Waals surface area contributed by atoms with Crippen LogP contribution >= 0.6 is 0 Å². The van der Waals surface area contributed by atoms with Gasteiger partial charge >= 0.3 is 0 Å². The second-order valence-corrected chi connectivity index (χ2v) is 4.15. The van der Waals surface area contributed by atoms with Gasteiger partial charge in [0, 0.05) is 0 Å². The van der Waals surface area contributed by atoms with E-state index in [9.17, 15) is 0 Å². The summed E-state index contributed by atoms with van der Waals surface area (Å²) in [6.07, 6.45) is 7.02. The molecule has 0 unspecified atom stereocenters. The summed E-state index contributed by atoms with van der Waals surface area (Å²) in [7, 11) is 0. The van der Waals surface area contributed by atoms with Gasteiger partial charge < -0.3 is 4.74 Å². The van der Waals surface area contributed by atoms with Crippen molar-refractivity contribution in [2.24, 2.45) is 5.41 Å². The number of hydrogen-bond acceptors (Lipinski definition) is 1. The second-order valence-electron chi connectivity index (χ2n) is 4.15. The first kappa shape index (κ1) is 4.73. The highest BCUT2D eigenvalue weighted by atomic mass is 16.5. The van der Waals surface area contributed by atoms with Gasteiger partial charge in [0.05, 0.1) is 12.2 Å². The Labute approximate surface area is 55.4 Å². The van der Waals surface area contributed by atoms with Crippen LogP contribution in [0, 0.1) is 5.41 Å². The molecule has 3 rings (SSSR count). The van der Waals surface area contributed by atoms with Crippen molar-refractivity contribution in [1.29, 1.82) is 0 Å². The third-order valence-electron chi connectivity index (χ3n) is 3.15. The fourth-order valence-electron chi connectivity index (χ4n) is 2.05. The highest BCUT2D eigenvalue weighted by molar-refractivity contribution is 5.11. The van der Waals surface area contributed by atoms with Crippen LogP contribution in [-0.4, -0.2) is 12.2 Å². The molecule has 1 heterocycles. The molecule has 9 heavy (non-hydrogen) atoms. The van der Waals surface area contributed by atoms with Crippen molar-refractivity contribution in [3.05, 3.63) is 0 Å². The molecule has 0 aromatic rings. The van der Waals surface area contributed by atoms with Gasteiger partial charge in [-0.25, -0.2) is 0 Å². The summed E-state index contributed by atoms with van der Waals surface area (Å²) in [6.45, 7) is 1.09. The Morgan fingerprint density at radius 1 is 1.00 bits per heavy atom. The lowest BCUT2D eigenvalue weighted by atomic mass is 10.0. The van der Waals surface area contributed by atoms with Gasteiger partial charge in [-0.05, 0) is 37.5 Å². The van der Waals surface area contributed by atoms with Crippen LogP contribution in [0.1, 0.15) is 32.1 Å². The van der Waals surface area contributed by atoms with Gasteiger partial charge in [0.1, 0.15) is 0 Å². The van der Waals surface area contributed by atoms with Crippen LogP contribution in [0.4, 0.5) is 0 Å². The minimum atomic E-state index is 0.441. The van der Waals surface area contributed by atoms with Crippen LogP contribution in [0.2, 0.25) is 0 Å². The van der Waals surface area contributed by atoms with E-state index >= 15 is 0 Å². The summed E-state index contributed by atoms with van der Waals surface area (Å²) in [5, 5.41) is 0. The fraction of sp³-hybridized carbons (Fsp3) is 1.00. The minimum Gasteiger partial charge on any atom is -0.374 e. The molecule has 2 aliphatic carbocycles. The summed E-state index contributed by atoms with van der Waals surface area (Å²) >= 11 is 0. The Morgan fingerprint density at radius 3 is 2.11 bits per heavy atom. The van der Waals surface area contributed by atoms with Crippen molar-refractivity contribution >= 4 is 0 Å². The molecule has 1 heteroatoms. The van der Waals surface area contributed by atoms with E-state index in [1.54, 1.807) is 0 Å². The lowest BCUT2D eigenvalue weighted by molar-refractivity contribution is 0.0862. The smallest absolute Gasteiger partial charge is 0.0691 e. The van der Waals surface area contributed by atoms with E-state index in [-0.39, 0.29) is 0 Å². The summed E-state index contributed by atoms with van der Waals surface area (Å²) in [5.74, 6) is 0. The van der Waals surface area contributed by atoms with Crippen molar-refractivity contribution < 1.29 is 4.74 Å². The molecular weight excluding hydrogens is 112 g/mol. The van der Waals surface area contributed by atoms with E-state index in [0.29, 0.717) is 5.60 Å². The summed E-state index contributed by atoms with van der Waals surface area (Å²) in [6, 6.07) is 0. The van der Waals surface area contributed by atoms with Gasteiger partial charge in [0.15, 0.2) is 0 Å². The molecule has 1 nitrogen and oxygen atoms in total. The Kier molecular flexibility index (Phi) is 0.563. The molecule has 3 fully saturated rings. The van der Waals surface area contributed by atoms with Crippen molar-refractivity contribution in [1.82, 2.24) is 0 Å². The Bertz CT molecular complexity index is 136. The molecule has 2 saturated carbocycles. The van der Waals surface area contributed by atoms with Gasteiger partial charge in [0.2, 0.25) is 0 Å². The van der Waals surface area contributed by atoms with Gasteiger partial charge in [-0.1, -0.05) is 0 Å². The predicted octanol–water partition coefficient (Wildman–Crippen LogP) is 1.72. The average Bonchev–Trinajstić information content (AvgIpc) is 2.62. The van der Waals surface area contributed by atoms with E-state index in [1.165, 1.54) is 32.1 Å². The predicted molar refractivity (Wildman–Crippen MR) is 34.2 cm³/mol. The topological polar surface area (TPSA) is 9.23 Å². The van der Waals surface area contributed by atoms with Gasteiger partial charge in [-0.2, -0.15) is 0 Å². The van der Waals surface area contributed by atoms with Gasteiger partial charge in [-0.3, -0.25) is 0 Å². The van der Waals surface area contributed by atoms with Crippen LogP contribution < -0.4 is 0 Å². The molecule has 3 aliphatic rings. The van der Waals surface area contributed by atoms with Crippen LogP contribution in [0.25, 0.3) is 0 Å². The normalized spacial score (nSPS) is 40.0. The monoisotopic (exact) mass is 124 g/mol. The number of hydrogen-bond donors (Lipinski definition) is 0. The SMILES string of the molecule is C1CC12COC1(CC1)C2. The zero-order valence-electron chi connectivity index (χ0n) is 5.65. The van der Waals surface area contributed by atoms with Crippen molar-refractivity contribution in [3.8, 4) is 0 Å². The molecule has 0 amide bonds. The first-order valence-electron chi connectivity index (χ1n) is 3.97. The number of ether oxygens (including phenoxy) is 1. The van der Waals surface area contributed by atoms with Crippen molar-refractivity contribution in [2.75, 3.05) is 6.61 Å². The van der Waals surface area contributed by atoms with Gasteiger partial charge in [0.25, 0.3) is 0 Å². The fourth-order valence-corrected chi connectivity index (χ4v) is 2.05. The first-order valence-corrected chi connectivity index (χ1v) is 3.97. The van der Waals surface area contributed by atoms with E-state index in [0.717, 1.165) is 12.0 Å². The maximum absolute atomic E-state index is 5.73. The largest absolute Gasteiger partial charge is 0.374 e. The zero-order valence-corrected chi connectivity index (χ0v) is 5.65. The molecule has 1 saturated heterocycles. The summed E-state index contributed by atoms with van der Waals surface area (Å²) in [4.78, 5) is 0. The summed E-state index contributed by atoms with van der Waals surface area (Å²) < 4.78 is 5.73. The summed E-state index contributed by atoms with van der Waals surface area (Å²) in [5.41, 5.74) is 1.16. The molecule has 50 valence electrons. The van der Waals surface area contributed by atoms with E-state index in [4.69, 9.17) is 4.74 Å². The maximum Gasteiger partial charge on any atom is 0.0691 e. The van der Waals surface area contributed by atoms with E-state index < -0.39 is 0 Å². The molecule has 0 atom stereocenters. The first-order chi connectivity index (χ1) is 4.33. The number of rotatable bonds is 0. The quantitative estimate of drug-likeness (QED) is 0.477. The lowest BCUT2D eigenvalue weighted by Gasteiger charge is -2.01. The van der Waals surface area contributed by atoms with Crippen LogP contribution in [-0.2, 0) is 4.74 Å². The molecule has 0 N–H and O–H groups in total. The standard InChI is InChI=1S/C8H12O/c1-2-7(1)5-8(3-4-8)9-6-7/h1-6H2. The van der Waals surface area contributed by atoms with E-state index in [1.807, 2.05) is 0 Å². The highest BCUT2D eigenvalue weighted by Crippen LogP contribution is 2.63. The van der Waals surface area contributed by atoms with E-state index in [2.05, 4.69) is 0 Å². The molecule has 0 aromatic heterocycles. The third-order valence-corrected chi connectivity index (χ3v) is 3.15. The minimum absolute atomic E-state index is 0.441. The van der Waals surface area contributed by atoms with Gasteiger partial charge in [-0.15, -0.1) is 0 Å². The molecule has 1 aliphatic heterocycles. The molecular formula is C8H12O. The van der Waals surface area contributed by atoms with Crippen LogP contribution in [0.3, 0.4) is 0 Å². The second kappa shape index (κ2) is 1.07. The molecule has 0 bridgehead atoms. The lowest BCUT2D eigenvalue weighted by Crippen LogP contribution is -2.03. The van der Waals surface area contributed by atoms with Crippen molar-refractivity contribution in [3.63, 3.8) is 0 Å². The highest BCUT2D eigenvalue weighted by Gasteiger charge is 2.60. The molecule has 2 spiro atoms. The van der Waals surface area contributed by atoms with Crippen molar-refractivity contribution in [2.45, 2.75) is 37.7 Å². The Hall–Kier alpha value is -0.0400. The third kappa shape index (κ3) is 0.536. The Balaban J connectivity index is 1.86. The van der Waals surface area contributed by atoms with Crippen LogP contribution in [0.15, 0.2) is 0 Å². The molecule has 0 radical (unpaired) electrons. The average molecular weight is 124 g/mol. The maximum atomic E-state index is 5.73. The van der Waals surface area contributed by atoms with Crippen LogP contribution in [0.5, 0.6) is 0 Å². The zero-order chi connectivity index (χ0) is 5.95.